The Kier molecular flexibility index (Phi) is 7.37. The fourth-order valence-electron chi connectivity index (χ4n) is 2.60. The number of rotatable bonds is 8. The number of nitrogens with one attached hydrogen (secondary N) is 2. The maximum atomic E-state index is 12.1. The molecule has 0 aliphatic carbocycles. The minimum absolute atomic E-state index is 0.157. The Bertz CT molecular complexity index is 653. The summed E-state index contributed by atoms with van der Waals surface area (Å²) in [6.45, 7) is 8.46. The van der Waals surface area contributed by atoms with Crippen molar-refractivity contribution in [3.63, 3.8) is 0 Å². The summed E-state index contributed by atoms with van der Waals surface area (Å²) in [5, 5.41) is 2.87. The van der Waals surface area contributed by atoms with E-state index in [0.29, 0.717) is 12.1 Å². The number of ether oxygens (including phenoxy) is 1. The smallest absolute Gasteiger partial charge is 0.251 e. The minimum Gasteiger partial charge on any atom is -0.379 e. The number of morpholine rings is 1. The fraction of sp³-hybridized carbons (Fsp3) is 0.588. The maximum absolute atomic E-state index is 12.1. The highest BCUT2D eigenvalue weighted by atomic mass is 32.2. The van der Waals surface area contributed by atoms with Crippen LogP contribution in [-0.4, -0.2) is 64.7 Å². The second-order valence-corrected chi connectivity index (χ2v) is 8.08. The van der Waals surface area contributed by atoms with Gasteiger partial charge in [-0.3, -0.25) is 9.69 Å². The van der Waals surface area contributed by atoms with E-state index in [2.05, 4.69) is 14.9 Å². The van der Waals surface area contributed by atoms with Crippen LogP contribution in [0.25, 0.3) is 0 Å². The van der Waals surface area contributed by atoms with E-state index in [4.69, 9.17) is 4.74 Å². The van der Waals surface area contributed by atoms with Crippen LogP contribution in [0.15, 0.2) is 29.2 Å². The Morgan fingerprint density at radius 1 is 1.20 bits per heavy atom. The molecule has 1 aliphatic rings. The van der Waals surface area contributed by atoms with Gasteiger partial charge in [-0.05, 0) is 51.1 Å². The molecular formula is C17H27N3O4S. The van der Waals surface area contributed by atoms with Crippen LogP contribution in [-0.2, 0) is 14.8 Å². The first-order valence-corrected chi connectivity index (χ1v) is 10.1. The van der Waals surface area contributed by atoms with Crippen molar-refractivity contribution in [2.75, 3.05) is 39.4 Å². The second-order valence-electron chi connectivity index (χ2n) is 6.36. The molecule has 140 valence electrons. The average Bonchev–Trinajstić information content (AvgIpc) is 2.58. The summed E-state index contributed by atoms with van der Waals surface area (Å²) in [5.41, 5.74) is 0.454. The monoisotopic (exact) mass is 369 g/mol. The number of amides is 1. The van der Waals surface area contributed by atoms with E-state index in [9.17, 15) is 13.2 Å². The summed E-state index contributed by atoms with van der Waals surface area (Å²) in [5.74, 6) is -0.192. The van der Waals surface area contributed by atoms with Gasteiger partial charge >= 0.3 is 0 Å². The van der Waals surface area contributed by atoms with Crippen molar-refractivity contribution < 1.29 is 17.9 Å². The molecule has 1 fully saturated rings. The second kappa shape index (κ2) is 9.28. The Morgan fingerprint density at radius 2 is 1.84 bits per heavy atom. The molecule has 0 aromatic heterocycles. The SMILES string of the molecule is CC(C)NS(=O)(=O)c1ccc(C(=O)NCCCN2CCOCC2)cc1. The molecule has 1 amide bonds. The first-order valence-electron chi connectivity index (χ1n) is 8.59. The highest BCUT2D eigenvalue weighted by Crippen LogP contribution is 2.11. The van der Waals surface area contributed by atoms with Gasteiger partial charge in [-0.1, -0.05) is 0 Å². The molecule has 1 heterocycles. The zero-order valence-corrected chi connectivity index (χ0v) is 15.6. The number of carbonyl (C=O) groups is 1. The average molecular weight is 369 g/mol. The molecule has 0 saturated carbocycles. The number of hydrogen-bond donors (Lipinski definition) is 2. The van der Waals surface area contributed by atoms with Crippen molar-refractivity contribution in [1.82, 2.24) is 14.9 Å². The lowest BCUT2D eigenvalue weighted by atomic mass is 10.2. The van der Waals surface area contributed by atoms with Crippen molar-refractivity contribution in [1.29, 1.82) is 0 Å². The van der Waals surface area contributed by atoms with E-state index < -0.39 is 10.0 Å². The van der Waals surface area contributed by atoms with Crippen LogP contribution in [0.5, 0.6) is 0 Å². The zero-order valence-electron chi connectivity index (χ0n) is 14.8. The van der Waals surface area contributed by atoms with Gasteiger partial charge in [0.1, 0.15) is 0 Å². The number of nitrogens with zero attached hydrogens (tertiary/aromatic N) is 1. The molecular weight excluding hydrogens is 342 g/mol. The molecule has 0 bridgehead atoms. The van der Waals surface area contributed by atoms with Gasteiger partial charge < -0.3 is 10.1 Å². The van der Waals surface area contributed by atoms with Crippen LogP contribution >= 0.6 is 0 Å². The van der Waals surface area contributed by atoms with Gasteiger partial charge in [0.25, 0.3) is 5.91 Å². The highest BCUT2D eigenvalue weighted by Gasteiger charge is 2.16. The molecule has 7 nitrogen and oxygen atoms in total. The van der Waals surface area contributed by atoms with Crippen molar-refractivity contribution in [2.24, 2.45) is 0 Å². The van der Waals surface area contributed by atoms with Crippen LogP contribution in [0.3, 0.4) is 0 Å². The quantitative estimate of drug-likeness (QED) is 0.663. The van der Waals surface area contributed by atoms with Crippen molar-refractivity contribution in [2.45, 2.75) is 31.2 Å². The van der Waals surface area contributed by atoms with E-state index in [1.54, 1.807) is 13.8 Å². The van der Waals surface area contributed by atoms with Crippen LogP contribution in [0.2, 0.25) is 0 Å². The van der Waals surface area contributed by atoms with Gasteiger partial charge in [-0.15, -0.1) is 0 Å². The predicted octanol–water partition coefficient (Wildman–Crippen LogP) is 0.825. The number of sulfonamides is 1. The first kappa shape index (κ1) is 19.8. The molecule has 1 saturated heterocycles. The third-order valence-electron chi connectivity index (χ3n) is 3.86. The van der Waals surface area contributed by atoms with Crippen LogP contribution < -0.4 is 10.0 Å². The maximum Gasteiger partial charge on any atom is 0.251 e. The lowest BCUT2D eigenvalue weighted by Gasteiger charge is -2.26. The lowest BCUT2D eigenvalue weighted by molar-refractivity contribution is 0.0374. The van der Waals surface area contributed by atoms with E-state index in [0.717, 1.165) is 39.3 Å². The Hall–Kier alpha value is -1.48. The summed E-state index contributed by atoms with van der Waals surface area (Å²) in [7, 11) is -3.53. The minimum atomic E-state index is -3.53. The summed E-state index contributed by atoms with van der Waals surface area (Å²) in [6, 6.07) is 5.79. The van der Waals surface area contributed by atoms with Gasteiger partial charge in [0, 0.05) is 31.2 Å². The van der Waals surface area contributed by atoms with Gasteiger partial charge in [-0.2, -0.15) is 0 Å². The number of benzene rings is 1. The van der Waals surface area contributed by atoms with Crippen molar-refractivity contribution >= 4 is 15.9 Å². The number of hydrogen-bond acceptors (Lipinski definition) is 5. The first-order chi connectivity index (χ1) is 11.9. The van der Waals surface area contributed by atoms with E-state index >= 15 is 0 Å². The van der Waals surface area contributed by atoms with Crippen LogP contribution in [0.1, 0.15) is 30.6 Å². The molecule has 1 aromatic rings. The largest absolute Gasteiger partial charge is 0.379 e. The zero-order chi connectivity index (χ0) is 18.3. The summed E-state index contributed by atoms with van der Waals surface area (Å²) < 4.78 is 31.9. The molecule has 1 aliphatic heterocycles. The molecule has 0 spiro atoms. The number of carbonyl (C=O) groups excluding carboxylic acids is 1. The third-order valence-corrected chi connectivity index (χ3v) is 5.53. The van der Waals surface area contributed by atoms with Crippen LogP contribution in [0, 0.1) is 0 Å². The molecule has 0 atom stereocenters. The van der Waals surface area contributed by atoms with Gasteiger partial charge in [0.15, 0.2) is 0 Å². The van der Waals surface area contributed by atoms with Gasteiger partial charge in [0.2, 0.25) is 10.0 Å². The standard InChI is InChI=1S/C17H27N3O4S/c1-14(2)19-25(22,23)16-6-4-15(5-7-16)17(21)18-8-3-9-20-10-12-24-13-11-20/h4-7,14,19H,3,8-13H2,1-2H3,(H,18,21). The Balaban J connectivity index is 1.79. The van der Waals surface area contributed by atoms with Crippen molar-refractivity contribution in [3.05, 3.63) is 29.8 Å². The van der Waals surface area contributed by atoms with Gasteiger partial charge in [0.05, 0.1) is 18.1 Å². The van der Waals surface area contributed by atoms with Crippen LogP contribution in [0.4, 0.5) is 0 Å². The summed E-state index contributed by atoms with van der Waals surface area (Å²) in [6.07, 6.45) is 0.872. The molecule has 25 heavy (non-hydrogen) atoms. The molecule has 1 aromatic carbocycles. The molecule has 2 rings (SSSR count). The summed E-state index contributed by atoms with van der Waals surface area (Å²) in [4.78, 5) is 14.6. The van der Waals surface area contributed by atoms with E-state index in [1.807, 2.05) is 0 Å². The Labute approximate surface area is 149 Å². The molecule has 0 radical (unpaired) electrons. The van der Waals surface area contributed by atoms with Gasteiger partial charge in [-0.25, -0.2) is 13.1 Å². The Morgan fingerprint density at radius 3 is 2.44 bits per heavy atom. The fourth-order valence-corrected chi connectivity index (χ4v) is 3.85. The lowest BCUT2D eigenvalue weighted by Crippen LogP contribution is -2.38. The van der Waals surface area contributed by atoms with Crippen molar-refractivity contribution in [3.8, 4) is 0 Å². The highest BCUT2D eigenvalue weighted by molar-refractivity contribution is 7.89. The van der Waals surface area contributed by atoms with E-state index in [-0.39, 0.29) is 16.8 Å². The molecule has 0 unspecified atom stereocenters. The normalized spacial score (nSPS) is 16.1. The predicted molar refractivity (Wildman–Crippen MR) is 96.1 cm³/mol. The summed E-state index contributed by atoms with van der Waals surface area (Å²) >= 11 is 0. The topological polar surface area (TPSA) is 87.7 Å². The van der Waals surface area contributed by atoms with E-state index in [1.165, 1.54) is 24.3 Å². The molecule has 8 heteroatoms. The molecule has 2 N–H and O–H groups in total. The third kappa shape index (κ3) is 6.39.